The molecule has 4 aromatic rings. The predicted molar refractivity (Wildman–Crippen MR) is 155 cm³/mol. The molecule has 41 heavy (non-hydrogen) atoms. The van der Waals surface area contributed by atoms with Crippen LogP contribution in [0, 0.1) is 0 Å². The van der Waals surface area contributed by atoms with Crippen molar-refractivity contribution < 1.29 is 13.2 Å². The van der Waals surface area contributed by atoms with Gasteiger partial charge in [-0.25, -0.2) is 9.97 Å². The summed E-state index contributed by atoms with van der Waals surface area (Å²) in [7, 11) is 0. The molecule has 3 aliphatic rings. The van der Waals surface area contributed by atoms with E-state index in [1.807, 2.05) is 12.1 Å². The molecule has 1 saturated heterocycles. The number of hydrogen-bond donors (Lipinski definition) is 3. The third kappa shape index (κ3) is 5.46. The Bertz CT molecular complexity index is 1520. The lowest BCUT2D eigenvalue weighted by atomic mass is 9.95. The number of aromatic nitrogens is 4. The summed E-state index contributed by atoms with van der Waals surface area (Å²) >= 11 is 0. The lowest BCUT2D eigenvalue weighted by Crippen LogP contribution is -2.14. The zero-order valence-electron chi connectivity index (χ0n) is 23.2. The summed E-state index contributed by atoms with van der Waals surface area (Å²) in [4.78, 5) is 16.8. The number of fused-ring (bicyclic) bond motifs is 3. The fourth-order valence-electron chi connectivity index (χ4n) is 6.91. The second-order valence-corrected chi connectivity index (χ2v) is 11.9. The number of H-pyrrole nitrogens is 2. The molecule has 1 saturated carbocycles. The molecule has 7 rings (SSSR count). The van der Waals surface area contributed by atoms with Crippen LogP contribution in [0.15, 0.2) is 42.5 Å². The number of nitrogens with zero attached hydrogens (tertiary/aromatic N) is 2. The van der Waals surface area contributed by atoms with Gasteiger partial charge in [-0.05, 0) is 74.6 Å². The van der Waals surface area contributed by atoms with E-state index in [0.717, 1.165) is 91.9 Å². The summed E-state index contributed by atoms with van der Waals surface area (Å²) in [6.45, 7) is 1.05. The van der Waals surface area contributed by atoms with E-state index >= 15 is 0 Å². The van der Waals surface area contributed by atoms with Crippen LogP contribution in [0.4, 0.5) is 13.2 Å². The quantitative estimate of drug-likeness (QED) is 0.223. The maximum Gasteiger partial charge on any atom is 0.389 e. The topological polar surface area (TPSA) is 69.4 Å². The molecule has 3 N–H and O–H groups in total. The largest absolute Gasteiger partial charge is 0.389 e. The van der Waals surface area contributed by atoms with Gasteiger partial charge in [-0.3, -0.25) is 0 Å². The van der Waals surface area contributed by atoms with Gasteiger partial charge < -0.3 is 15.3 Å². The monoisotopic (exact) mass is 559 g/mol. The molecule has 1 aliphatic heterocycles. The van der Waals surface area contributed by atoms with Gasteiger partial charge in [0.05, 0.1) is 17.4 Å². The average Bonchev–Trinajstić information content (AvgIpc) is 3.77. The number of benzene rings is 2. The van der Waals surface area contributed by atoms with E-state index in [9.17, 15) is 13.2 Å². The minimum absolute atomic E-state index is 0.0845. The Morgan fingerprint density at radius 2 is 1.51 bits per heavy atom. The van der Waals surface area contributed by atoms with E-state index in [-0.39, 0.29) is 6.42 Å². The Hall–Kier alpha value is -3.39. The SMILES string of the molecule is FC(F)(F)CCc1[nH]c(C2CCCC2)nc1-c1ccc(-c2ccc3c(c2)CCCc2[nH]c([C@@H]4CCCN4)nc2-3)cc1. The maximum atomic E-state index is 13.1. The number of imidazole rings is 2. The van der Waals surface area contributed by atoms with E-state index in [1.54, 1.807) is 0 Å². The molecule has 5 nitrogen and oxygen atoms in total. The number of aromatic amines is 2. The second-order valence-electron chi connectivity index (χ2n) is 11.9. The van der Waals surface area contributed by atoms with Gasteiger partial charge >= 0.3 is 6.18 Å². The van der Waals surface area contributed by atoms with Crippen LogP contribution in [0.1, 0.15) is 91.9 Å². The Morgan fingerprint density at radius 1 is 0.756 bits per heavy atom. The molecule has 214 valence electrons. The first-order chi connectivity index (χ1) is 19.9. The van der Waals surface area contributed by atoms with Crippen LogP contribution in [-0.2, 0) is 19.3 Å². The first-order valence-electron chi connectivity index (χ1n) is 15.1. The molecule has 2 fully saturated rings. The average molecular weight is 560 g/mol. The molecule has 2 aromatic carbocycles. The van der Waals surface area contributed by atoms with Crippen molar-refractivity contribution >= 4 is 0 Å². The lowest BCUT2D eigenvalue weighted by Gasteiger charge is -2.11. The maximum absolute atomic E-state index is 13.1. The minimum Gasteiger partial charge on any atom is -0.345 e. The Morgan fingerprint density at radius 3 is 2.27 bits per heavy atom. The van der Waals surface area contributed by atoms with Gasteiger partial charge in [0, 0.05) is 34.9 Å². The third-order valence-corrected chi connectivity index (χ3v) is 9.11. The van der Waals surface area contributed by atoms with E-state index in [1.165, 1.54) is 23.2 Å². The predicted octanol–water partition coefficient (Wildman–Crippen LogP) is 8.20. The fraction of sp³-hybridized carbons (Fsp3) is 0.455. The van der Waals surface area contributed by atoms with Gasteiger partial charge in [-0.1, -0.05) is 55.3 Å². The summed E-state index contributed by atoms with van der Waals surface area (Å²) in [6.07, 6.45) is 4.63. The first-order valence-corrected chi connectivity index (χ1v) is 15.1. The molecule has 0 amide bonds. The van der Waals surface area contributed by atoms with Crippen molar-refractivity contribution in [3.05, 3.63) is 71.1 Å². The first kappa shape index (κ1) is 26.5. The molecule has 1 atom stereocenters. The molecule has 8 heteroatoms. The van der Waals surface area contributed by atoms with Gasteiger partial charge in [-0.15, -0.1) is 0 Å². The van der Waals surface area contributed by atoms with Crippen molar-refractivity contribution in [2.24, 2.45) is 0 Å². The Kier molecular flexibility index (Phi) is 6.97. The number of alkyl halides is 3. The molecule has 2 aromatic heterocycles. The van der Waals surface area contributed by atoms with Crippen LogP contribution in [0.2, 0.25) is 0 Å². The minimum atomic E-state index is -4.20. The molecule has 0 bridgehead atoms. The zero-order valence-corrected chi connectivity index (χ0v) is 23.2. The molecule has 3 heterocycles. The highest BCUT2D eigenvalue weighted by Gasteiger charge is 2.29. The van der Waals surface area contributed by atoms with E-state index in [0.29, 0.717) is 23.3 Å². The van der Waals surface area contributed by atoms with Crippen molar-refractivity contribution in [2.45, 2.75) is 88.8 Å². The number of aryl methyl sites for hydroxylation is 3. The van der Waals surface area contributed by atoms with Crippen LogP contribution in [0.5, 0.6) is 0 Å². The molecule has 2 aliphatic carbocycles. The Balaban J connectivity index is 1.16. The van der Waals surface area contributed by atoms with Gasteiger partial charge in [0.1, 0.15) is 11.6 Å². The summed E-state index contributed by atoms with van der Waals surface area (Å²) in [5.74, 6) is 2.21. The van der Waals surface area contributed by atoms with E-state index in [4.69, 9.17) is 9.97 Å². The summed E-state index contributed by atoms with van der Waals surface area (Å²) in [6, 6.07) is 15.1. The number of rotatable bonds is 6. The molecular formula is C33H36F3N5. The smallest absolute Gasteiger partial charge is 0.345 e. The van der Waals surface area contributed by atoms with Crippen LogP contribution in [-0.4, -0.2) is 32.7 Å². The summed E-state index contributed by atoms with van der Waals surface area (Å²) in [5, 5.41) is 3.55. The van der Waals surface area contributed by atoms with Crippen LogP contribution in [0.3, 0.4) is 0 Å². The van der Waals surface area contributed by atoms with E-state index < -0.39 is 12.6 Å². The Labute approximate surface area is 238 Å². The van der Waals surface area contributed by atoms with Gasteiger partial charge in [0.2, 0.25) is 0 Å². The summed E-state index contributed by atoms with van der Waals surface area (Å²) < 4.78 is 39.2. The normalized spacial score (nSPS) is 19.3. The molecule has 0 unspecified atom stereocenters. The van der Waals surface area contributed by atoms with Crippen LogP contribution >= 0.6 is 0 Å². The third-order valence-electron chi connectivity index (χ3n) is 9.11. The van der Waals surface area contributed by atoms with Crippen LogP contribution < -0.4 is 5.32 Å². The second kappa shape index (κ2) is 10.8. The standard InChI is InChI=1S/C33H36F3N5/c34-33(35,36)17-16-27-29(40-31(38-27)22-5-1-2-6-22)21-12-10-20(11-13-21)23-14-15-25-24(19-23)7-3-8-26-30(25)41-32(39-26)28-9-4-18-37-28/h10-15,19,22,28,37H,1-9,16-18H2,(H,38,40)(H,39,41)/t28-/m0/s1. The number of halogens is 3. The van der Waals surface area contributed by atoms with Gasteiger partial charge in [0.15, 0.2) is 0 Å². The summed E-state index contributed by atoms with van der Waals surface area (Å²) in [5.41, 5.74) is 9.17. The van der Waals surface area contributed by atoms with Crippen molar-refractivity contribution in [3.63, 3.8) is 0 Å². The van der Waals surface area contributed by atoms with Crippen LogP contribution in [0.25, 0.3) is 33.6 Å². The van der Waals surface area contributed by atoms with Crippen molar-refractivity contribution in [1.29, 1.82) is 0 Å². The molecule has 0 spiro atoms. The highest BCUT2D eigenvalue weighted by atomic mass is 19.4. The van der Waals surface area contributed by atoms with E-state index in [2.05, 4.69) is 45.6 Å². The highest BCUT2D eigenvalue weighted by molar-refractivity contribution is 5.75. The molecule has 0 radical (unpaired) electrons. The van der Waals surface area contributed by atoms with Gasteiger partial charge in [-0.2, -0.15) is 13.2 Å². The molecular weight excluding hydrogens is 523 g/mol. The number of hydrogen-bond acceptors (Lipinski definition) is 3. The lowest BCUT2D eigenvalue weighted by molar-refractivity contribution is -0.134. The van der Waals surface area contributed by atoms with Crippen molar-refractivity contribution in [2.75, 3.05) is 6.54 Å². The van der Waals surface area contributed by atoms with Gasteiger partial charge in [0.25, 0.3) is 0 Å². The highest BCUT2D eigenvalue weighted by Crippen LogP contribution is 2.38. The fourth-order valence-corrected chi connectivity index (χ4v) is 6.91. The van der Waals surface area contributed by atoms with Crippen molar-refractivity contribution in [3.8, 4) is 33.6 Å². The zero-order chi connectivity index (χ0) is 28.0. The van der Waals surface area contributed by atoms with Crippen molar-refractivity contribution in [1.82, 2.24) is 25.3 Å². The number of nitrogens with one attached hydrogen (secondary N) is 3.